The summed E-state index contributed by atoms with van der Waals surface area (Å²) < 4.78 is 13.0. The molecule has 1 aromatic rings. The van der Waals surface area contributed by atoms with E-state index in [1.54, 1.807) is 18.0 Å². The molecule has 1 aromatic carbocycles. The molecule has 0 aromatic heterocycles. The van der Waals surface area contributed by atoms with Crippen molar-refractivity contribution in [2.75, 3.05) is 20.1 Å². The Kier molecular flexibility index (Phi) is 5.38. The Bertz CT molecular complexity index is 475. The highest BCUT2D eigenvalue weighted by molar-refractivity contribution is 6.31. The minimum Gasteiger partial charge on any atom is -0.341 e. The van der Waals surface area contributed by atoms with Gasteiger partial charge in [-0.3, -0.25) is 4.79 Å². The molecule has 0 aliphatic carbocycles. The number of hydrogen-bond acceptors (Lipinski definition) is 2. The van der Waals surface area contributed by atoms with Crippen LogP contribution in [0.15, 0.2) is 18.2 Å². The molecule has 1 aliphatic rings. The van der Waals surface area contributed by atoms with Crippen molar-refractivity contribution < 1.29 is 9.18 Å². The number of nitrogens with one attached hydrogen (secondary N) is 1. The molecule has 5 heteroatoms. The first-order valence-corrected chi connectivity index (χ1v) is 7.32. The number of halogens is 2. The number of rotatable bonds is 4. The molecule has 0 radical (unpaired) electrons. The summed E-state index contributed by atoms with van der Waals surface area (Å²) in [5.41, 5.74) is 0.772. The van der Waals surface area contributed by atoms with Crippen molar-refractivity contribution in [1.82, 2.24) is 10.2 Å². The molecule has 0 spiro atoms. The summed E-state index contributed by atoms with van der Waals surface area (Å²) in [5, 5.41) is 3.66. The fourth-order valence-electron chi connectivity index (χ4n) is 2.48. The van der Waals surface area contributed by atoms with Crippen molar-refractivity contribution in [2.45, 2.75) is 25.8 Å². The fourth-order valence-corrected chi connectivity index (χ4v) is 2.71. The highest BCUT2D eigenvalue weighted by Gasteiger charge is 2.19. The summed E-state index contributed by atoms with van der Waals surface area (Å²) in [6, 6.07) is 4.28. The van der Waals surface area contributed by atoms with Crippen molar-refractivity contribution in [3.63, 3.8) is 0 Å². The zero-order valence-corrected chi connectivity index (χ0v) is 12.4. The summed E-state index contributed by atoms with van der Waals surface area (Å²) in [6.45, 7) is 2.40. The molecule has 1 N–H and O–H groups in total. The minimum absolute atomic E-state index is 0.122. The summed E-state index contributed by atoms with van der Waals surface area (Å²) >= 11 is 5.98. The molecular formula is C15H20ClFN2O. The van der Waals surface area contributed by atoms with Crippen LogP contribution in [0.4, 0.5) is 4.39 Å². The lowest BCUT2D eigenvalue weighted by Crippen LogP contribution is -2.33. The lowest BCUT2D eigenvalue weighted by molar-refractivity contribution is -0.131. The maximum atomic E-state index is 13.0. The Morgan fingerprint density at radius 3 is 2.80 bits per heavy atom. The number of carbonyl (C=O) groups is 1. The van der Waals surface area contributed by atoms with Gasteiger partial charge in [-0.2, -0.15) is 0 Å². The highest BCUT2D eigenvalue weighted by atomic mass is 35.5. The average molecular weight is 299 g/mol. The van der Waals surface area contributed by atoms with E-state index in [0.29, 0.717) is 23.9 Å². The summed E-state index contributed by atoms with van der Waals surface area (Å²) in [7, 11) is 1.77. The lowest BCUT2D eigenvalue weighted by Gasteiger charge is -2.25. The predicted molar refractivity (Wildman–Crippen MR) is 78.1 cm³/mol. The van der Waals surface area contributed by atoms with Crippen LogP contribution in [0.3, 0.4) is 0 Å². The smallest absolute Gasteiger partial charge is 0.222 e. The maximum Gasteiger partial charge on any atom is 0.222 e. The van der Waals surface area contributed by atoms with Gasteiger partial charge in [-0.15, -0.1) is 0 Å². The third-order valence-corrected chi connectivity index (χ3v) is 4.12. The molecular weight excluding hydrogens is 279 g/mol. The number of piperidine rings is 1. The van der Waals surface area contributed by atoms with Crippen LogP contribution in [0.5, 0.6) is 0 Å². The molecule has 0 bridgehead atoms. The molecule has 0 unspecified atom stereocenters. The molecule has 0 saturated carbocycles. The second kappa shape index (κ2) is 7.04. The van der Waals surface area contributed by atoms with Gasteiger partial charge in [-0.1, -0.05) is 17.7 Å². The van der Waals surface area contributed by atoms with Crippen molar-refractivity contribution in [3.05, 3.63) is 34.6 Å². The Labute approximate surface area is 124 Å². The Balaban J connectivity index is 1.89. The average Bonchev–Trinajstić information content (AvgIpc) is 2.43. The van der Waals surface area contributed by atoms with Crippen LogP contribution in [-0.2, 0) is 11.3 Å². The van der Waals surface area contributed by atoms with Crippen molar-refractivity contribution in [2.24, 2.45) is 5.92 Å². The highest BCUT2D eigenvalue weighted by Crippen LogP contribution is 2.21. The molecule has 1 fully saturated rings. The Hall–Kier alpha value is -1.13. The molecule has 1 aliphatic heterocycles. The van der Waals surface area contributed by atoms with Crippen LogP contribution < -0.4 is 5.32 Å². The Morgan fingerprint density at radius 1 is 1.45 bits per heavy atom. The van der Waals surface area contributed by atoms with E-state index in [1.165, 1.54) is 12.1 Å². The van der Waals surface area contributed by atoms with Crippen LogP contribution in [-0.4, -0.2) is 30.9 Å². The molecule has 110 valence electrons. The second-order valence-corrected chi connectivity index (χ2v) is 5.79. The number of nitrogens with zero attached hydrogens (tertiary/aromatic N) is 1. The van der Waals surface area contributed by atoms with Crippen LogP contribution in [0.1, 0.15) is 24.8 Å². The van der Waals surface area contributed by atoms with E-state index in [4.69, 9.17) is 11.6 Å². The van der Waals surface area contributed by atoms with Crippen molar-refractivity contribution in [3.8, 4) is 0 Å². The topological polar surface area (TPSA) is 32.3 Å². The molecule has 0 atom stereocenters. The van der Waals surface area contributed by atoms with Gasteiger partial charge < -0.3 is 10.2 Å². The maximum absolute atomic E-state index is 13.0. The van der Waals surface area contributed by atoms with E-state index >= 15 is 0 Å². The van der Waals surface area contributed by atoms with Crippen molar-refractivity contribution >= 4 is 17.5 Å². The van der Waals surface area contributed by atoms with E-state index in [9.17, 15) is 9.18 Å². The van der Waals surface area contributed by atoms with Gasteiger partial charge in [0, 0.05) is 25.0 Å². The van der Waals surface area contributed by atoms with E-state index in [2.05, 4.69) is 5.32 Å². The molecule has 1 amide bonds. The predicted octanol–water partition coefficient (Wildman–Crippen LogP) is 2.83. The molecule has 1 saturated heterocycles. The van der Waals surface area contributed by atoms with Gasteiger partial charge in [0.2, 0.25) is 5.91 Å². The second-order valence-electron chi connectivity index (χ2n) is 5.38. The number of hydrogen-bond donors (Lipinski definition) is 1. The number of benzene rings is 1. The van der Waals surface area contributed by atoms with E-state index < -0.39 is 0 Å². The zero-order valence-electron chi connectivity index (χ0n) is 11.7. The van der Waals surface area contributed by atoms with Crippen LogP contribution in [0, 0.1) is 11.7 Å². The van der Waals surface area contributed by atoms with Gasteiger partial charge >= 0.3 is 0 Å². The SMILES string of the molecule is CN(Cc1ccc(F)cc1Cl)C(=O)CC1CCNCC1. The largest absolute Gasteiger partial charge is 0.341 e. The first kappa shape index (κ1) is 15.3. The molecule has 20 heavy (non-hydrogen) atoms. The number of amides is 1. The monoisotopic (exact) mass is 298 g/mol. The van der Waals surface area contributed by atoms with Crippen LogP contribution >= 0.6 is 11.6 Å². The van der Waals surface area contributed by atoms with Gasteiger partial charge in [0.1, 0.15) is 5.82 Å². The molecule has 3 nitrogen and oxygen atoms in total. The first-order chi connectivity index (χ1) is 9.56. The third-order valence-electron chi connectivity index (χ3n) is 3.77. The number of carbonyl (C=O) groups excluding carboxylic acids is 1. The van der Waals surface area contributed by atoms with E-state index in [1.807, 2.05) is 0 Å². The summed E-state index contributed by atoms with van der Waals surface area (Å²) in [6.07, 6.45) is 2.69. The molecule has 1 heterocycles. The normalized spacial score (nSPS) is 16.1. The quantitative estimate of drug-likeness (QED) is 0.927. The summed E-state index contributed by atoms with van der Waals surface area (Å²) in [5.74, 6) is 0.231. The van der Waals surface area contributed by atoms with E-state index in [-0.39, 0.29) is 11.7 Å². The van der Waals surface area contributed by atoms with Gasteiger partial charge in [-0.05, 0) is 49.5 Å². The lowest BCUT2D eigenvalue weighted by atomic mass is 9.94. The standard InChI is InChI=1S/C15H20ClFN2O/c1-19(10-12-2-3-13(17)9-14(12)16)15(20)8-11-4-6-18-7-5-11/h2-3,9,11,18H,4-8,10H2,1H3. The first-order valence-electron chi connectivity index (χ1n) is 6.95. The zero-order chi connectivity index (χ0) is 14.5. The van der Waals surface area contributed by atoms with Crippen LogP contribution in [0.2, 0.25) is 5.02 Å². The van der Waals surface area contributed by atoms with Crippen LogP contribution in [0.25, 0.3) is 0 Å². The third kappa shape index (κ3) is 4.18. The van der Waals surface area contributed by atoms with Gasteiger partial charge in [0.15, 0.2) is 0 Å². The Morgan fingerprint density at radius 2 is 2.15 bits per heavy atom. The van der Waals surface area contributed by atoms with Gasteiger partial charge in [0.25, 0.3) is 0 Å². The van der Waals surface area contributed by atoms with E-state index in [0.717, 1.165) is 31.5 Å². The van der Waals surface area contributed by atoms with Gasteiger partial charge in [0.05, 0.1) is 0 Å². The summed E-state index contributed by atoms with van der Waals surface area (Å²) in [4.78, 5) is 13.9. The molecule has 2 rings (SSSR count). The van der Waals surface area contributed by atoms with Gasteiger partial charge in [-0.25, -0.2) is 4.39 Å². The van der Waals surface area contributed by atoms with Crippen molar-refractivity contribution in [1.29, 1.82) is 0 Å². The minimum atomic E-state index is -0.359. The fraction of sp³-hybridized carbons (Fsp3) is 0.533.